The number of aromatic nitrogens is 4. The lowest BCUT2D eigenvalue weighted by Crippen LogP contribution is -2.46. The third kappa shape index (κ3) is 4.57. The topological polar surface area (TPSA) is 88.0 Å². The molecule has 1 saturated heterocycles. The number of piperazine rings is 1. The van der Waals surface area contributed by atoms with E-state index >= 15 is 0 Å². The normalized spacial score (nSPS) is 15.5. The Kier molecular flexibility index (Phi) is 5.28. The van der Waals surface area contributed by atoms with Gasteiger partial charge in [0.1, 0.15) is 6.54 Å². The first-order valence-electron chi connectivity index (χ1n) is 7.84. The van der Waals surface area contributed by atoms with Gasteiger partial charge in [-0.05, 0) is 5.21 Å². The van der Waals surface area contributed by atoms with Crippen LogP contribution in [0.4, 0.5) is 0 Å². The van der Waals surface area contributed by atoms with Gasteiger partial charge in [0.25, 0.3) is 0 Å². The second-order valence-electron chi connectivity index (χ2n) is 5.45. The highest BCUT2D eigenvalue weighted by Crippen LogP contribution is 2.11. The molecule has 122 valence electrons. The molecule has 1 amide bonds. The number of hydrogen-bond donors (Lipinski definition) is 2. The largest absolute Gasteiger partial charge is 0.353 e. The SMILES string of the molecule is O=C(Cn1nnc(-c2ccccc2)n1)NCCN1CCNCC1. The van der Waals surface area contributed by atoms with E-state index in [0.717, 1.165) is 38.3 Å². The summed E-state index contributed by atoms with van der Waals surface area (Å²) in [5.41, 5.74) is 0.887. The van der Waals surface area contributed by atoms with Crippen LogP contribution in [0.1, 0.15) is 0 Å². The van der Waals surface area contributed by atoms with Crippen molar-refractivity contribution in [3.8, 4) is 11.4 Å². The molecule has 3 rings (SSSR count). The van der Waals surface area contributed by atoms with Crippen LogP contribution < -0.4 is 10.6 Å². The predicted molar refractivity (Wildman–Crippen MR) is 85.6 cm³/mol. The van der Waals surface area contributed by atoms with Gasteiger partial charge in [0.05, 0.1) is 0 Å². The van der Waals surface area contributed by atoms with Crippen molar-refractivity contribution in [3.63, 3.8) is 0 Å². The van der Waals surface area contributed by atoms with E-state index in [1.54, 1.807) is 0 Å². The quantitative estimate of drug-likeness (QED) is 0.737. The number of tetrazole rings is 1. The summed E-state index contributed by atoms with van der Waals surface area (Å²) in [5, 5.41) is 18.3. The molecular formula is C15H21N7O. The Morgan fingerprint density at radius 1 is 1.22 bits per heavy atom. The standard InChI is InChI=1S/C15H21N7O/c23-14(17-8-11-21-9-6-16-7-10-21)12-22-19-15(18-20-22)13-4-2-1-3-5-13/h1-5,16H,6-12H2,(H,17,23). The Labute approximate surface area is 134 Å². The van der Waals surface area contributed by atoms with Crippen LogP contribution in [0.2, 0.25) is 0 Å². The minimum Gasteiger partial charge on any atom is -0.353 e. The molecule has 0 radical (unpaired) electrons. The summed E-state index contributed by atoms with van der Waals surface area (Å²) in [4.78, 5) is 15.6. The molecule has 1 aliphatic heterocycles. The van der Waals surface area contributed by atoms with Crippen LogP contribution in [-0.2, 0) is 11.3 Å². The van der Waals surface area contributed by atoms with E-state index < -0.39 is 0 Å². The maximum absolute atomic E-state index is 11.9. The zero-order chi connectivity index (χ0) is 15.9. The van der Waals surface area contributed by atoms with Crippen molar-refractivity contribution in [2.45, 2.75) is 6.54 Å². The van der Waals surface area contributed by atoms with Gasteiger partial charge in [0, 0.05) is 44.8 Å². The third-order valence-electron chi connectivity index (χ3n) is 3.73. The molecular weight excluding hydrogens is 294 g/mol. The van der Waals surface area contributed by atoms with Gasteiger partial charge in [0.15, 0.2) is 0 Å². The van der Waals surface area contributed by atoms with Crippen molar-refractivity contribution in [2.24, 2.45) is 0 Å². The molecule has 0 atom stereocenters. The maximum Gasteiger partial charge on any atom is 0.243 e. The van der Waals surface area contributed by atoms with Crippen LogP contribution in [0.5, 0.6) is 0 Å². The van der Waals surface area contributed by atoms with E-state index in [1.807, 2.05) is 30.3 Å². The van der Waals surface area contributed by atoms with Crippen LogP contribution >= 0.6 is 0 Å². The number of rotatable bonds is 6. The average molecular weight is 315 g/mol. The Morgan fingerprint density at radius 3 is 2.78 bits per heavy atom. The Hall–Kier alpha value is -2.32. The summed E-state index contributed by atoms with van der Waals surface area (Å²) in [6.45, 7) is 5.67. The molecule has 2 N–H and O–H groups in total. The highest BCUT2D eigenvalue weighted by molar-refractivity contribution is 5.75. The smallest absolute Gasteiger partial charge is 0.243 e. The first-order valence-corrected chi connectivity index (χ1v) is 7.84. The Balaban J connectivity index is 1.44. The number of nitrogens with zero attached hydrogens (tertiary/aromatic N) is 5. The van der Waals surface area contributed by atoms with Gasteiger partial charge >= 0.3 is 0 Å². The lowest BCUT2D eigenvalue weighted by molar-refractivity contribution is -0.122. The summed E-state index contributed by atoms with van der Waals surface area (Å²) >= 11 is 0. The molecule has 0 bridgehead atoms. The maximum atomic E-state index is 11.9. The van der Waals surface area contributed by atoms with Crippen LogP contribution in [0.3, 0.4) is 0 Å². The fraction of sp³-hybridized carbons (Fsp3) is 0.467. The average Bonchev–Trinajstić information content (AvgIpc) is 3.05. The first kappa shape index (κ1) is 15.6. The molecule has 2 heterocycles. The molecule has 1 fully saturated rings. The van der Waals surface area contributed by atoms with Gasteiger partial charge in [-0.2, -0.15) is 4.80 Å². The van der Waals surface area contributed by atoms with Crippen molar-refractivity contribution in [2.75, 3.05) is 39.3 Å². The van der Waals surface area contributed by atoms with Gasteiger partial charge in [-0.15, -0.1) is 10.2 Å². The van der Waals surface area contributed by atoms with Gasteiger partial charge in [-0.3, -0.25) is 9.69 Å². The Bertz CT molecular complexity index is 622. The molecule has 0 spiro atoms. The number of carbonyl (C=O) groups is 1. The van der Waals surface area contributed by atoms with Crippen LogP contribution in [0, 0.1) is 0 Å². The lowest BCUT2D eigenvalue weighted by atomic mass is 10.2. The lowest BCUT2D eigenvalue weighted by Gasteiger charge is -2.27. The number of benzene rings is 1. The number of amides is 1. The van der Waals surface area contributed by atoms with Crippen LogP contribution in [-0.4, -0.2) is 70.3 Å². The van der Waals surface area contributed by atoms with Crippen molar-refractivity contribution < 1.29 is 4.79 Å². The van der Waals surface area contributed by atoms with Gasteiger partial charge in [0.2, 0.25) is 11.7 Å². The molecule has 23 heavy (non-hydrogen) atoms. The molecule has 0 aliphatic carbocycles. The second kappa shape index (κ2) is 7.80. The van der Waals surface area contributed by atoms with E-state index in [1.165, 1.54) is 4.80 Å². The second-order valence-corrected chi connectivity index (χ2v) is 5.45. The molecule has 1 aliphatic rings. The molecule has 0 saturated carbocycles. The molecule has 1 aromatic carbocycles. The minimum atomic E-state index is -0.0999. The highest BCUT2D eigenvalue weighted by Gasteiger charge is 2.11. The van der Waals surface area contributed by atoms with E-state index in [4.69, 9.17) is 0 Å². The fourth-order valence-electron chi connectivity index (χ4n) is 2.49. The van der Waals surface area contributed by atoms with Crippen molar-refractivity contribution >= 4 is 5.91 Å². The molecule has 8 nitrogen and oxygen atoms in total. The van der Waals surface area contributed by atoms with Gasteiger partial charge in [-0.1, -0.05) is 30.3 Å². The van der Waals surface area contributed by atoms with E-state index in [-0.39, 0.29) is 12.5 Å². The molecule has 1 aromatic heterocycles. The van der Waals surface area contributed by atoms with Crippen molar-refractivity contribution in [3.05, 3.63) is 30.3 Å². The zero-order valence-corrected chi connectivity index (χ0v) is 13.0. The number of nitrogens with one attached hydrogen (secondary N) is 2. The summed E-state index contributed by atoms with van der Waals surface area (Å²) in [7, 11) is 0. The third-order valence-corrected chi connectivity index (χ3v) is 3.73. The number of hydrogen-bond acceptors (Lipinski definition) is 6. The summed E-state index contributed by atoms with van der Waals surface area (Å²) in [6.07, 6.45) is 0. The highest BCUT2D eigenvalue weighted by atomic mass is 16.2. The minimum absolute atomic E-state index is 0.0847. The Morgan fingerprint density at radius 2 is 2.00 bits per heavy atom. The van der Waals surface area contributed by atoms with Crippen LogP contribution in [0.15, 0.2) is 30.3 Å². The number of carbonyl (C=O) groups excluding carboxylic acids is 1. The zero-order valence-electron chi connectivity index (χ0n) is 13.0. The summed E-state index contributed by atoms with van der Waals surface area (Å²) < 4.78 is 0. The monoisotopic (exact) mass is 315 g/mol. The summed E-state index contributed by atoms with van der Waals surface area (Å²) in [5.74, 6) is 0.427. The van der Waals surface area contributed by atoms with Gasteiger partial charge < -0.3 is 10.6 Å². The van der Waals surface area contributed by atoms with Crippen LogP contribution in [0.25, 0.3) is 11.4 Å². The van der Waals surface area contributed by atoms with E-state index in [9.17, 15) is 4.79 Å². The summed E-state index contributed by atoms with van der Waals surface area (Å²) in [6, 6.07) is 9.58. The van der Waals surface area contributed by atoms with E-state index in [2.05, 4.69) is 30.9 Å². The predicted octanol–water partition coefficient (Wildman–Crippen LogP) is -0.638. The first-order chi connectivity index (χ1) is 11.3. The fourth-order valence-corrected chi connectivity index (χ4v) is 2.49. The molecule has 8 heteroatoms. The van der Waals surface area contributed by atoms with E-state index in [0.29, 0.717) is 12.4 Å². The van der Waals surface area contributed by atoms with Gasteiger partial charge in [-0.25, -0.2) is 0 Å². The van der Waals surface area contributed by atoms with Crippen molar-refractivity contribution in [1.29, 1.82) is 0 Å². The van der Waals surface area contributed by atoms with Crippen molar-refractivity contribution in [1.82, 2.24) is 35.7 Å². The molecule has 2 aromatic rings. The molecule has 0 unspecified atom stereocenters.